The topological polar surface area (TPSA) is 53.5 Å². The summed E-state index contributed by atoms with van der Waals surface area (Å²) in [6, 6.07) is 7.46. The summed E-state index contributed by atoms with van der Waals surface area (Å²) in [5, 5.41) is 0. The first-order valence-corrected chi connectivity index (χ1v) is 14.2. The molecule has 5 nitrogen and oxygen atoms in total. The van der Waals surface area contributed by atoms with Crippen molar-refractivity contribution in [1.82, 2.24) is 9.97 Å². The Morgan fingerprint density at radius 2 is 1.36 bits per heavy atom. The number of hydrogen-bond acceptors (Lipinski definition) is 5. The minimum atomic E-state index is -6.59. The van der Waals surface area contributed by atoms with E-state index in [0.717, 1.165) is 30.4 Å². The lowest BCUT2D eigenvalue weighted by Gasteiger charge is -2.30. The van der Waals surface area contributed by atoms with Gasteiger partial charge in [-0.3, -0.25) is 0 Å². The highest BCUT2D eigenvalue weighted by Gasteiger charge is 2.70. The number of rotatable bonds is 21. The van der Waals surface area contributed by atoms with Gasteiger partial charge < -0.3 is 9.47 Å². The molecule has 0 amide bonds. The zero-order valence-corrected chi connectivity index (χ0v) is 24.1. The molecule has 0 radical (unpaired) electrons. The number of benzene rings is 1. The van der Waals surface area contributed by atoms with Gasteiger partial charge in [-0.2, -0.15) is 39.5 Å². The Bertz CT molecular complexity index is 1080. The molecule has 1 atom stereocenters. The second-order valence-electron chi connectivity index (χ2n) is 10.2. The van der Waals surface area contributed by atoms with E-state index in [9.17, 15) is 43.9 Å². The third-order valence-corrected chi connectivity index (χ3v) is 6.46. The Morgan fingerprint density at radius 3 is 1.98 bits per heavy atom. The van der Waals surface area contributed by atoms with Crippen molar-refractivity contribution in [2.24, 2.45) is 0 Å². The molecule has 0 aliphatic heterocycles. The molecule has 0 bridgehead atoms. The van der Waals surface area contributed by atoms with Crippen LogP contribution in [0, 0.1) is 0 Å². The van der Waals surface area contributed by atoms with Crippen molar-refractivity contribution in [3.8, 4) is 17.1 Å². The van der Waals surface area contributed by atoms with E-state index in [4.69, 9.17) is 4.74 Å². The van der Waals surface area contributed by atoms with Crippen LogP contribution >= 0.6 is 0 Å². The lowest BCUT2D eigenvalue weighted by molar-refractivity contribution is -0.487. The van der Waals surface area contributed by atoms with Crippen molar-refractivity contribution < 1.29 is 58.1 Å². The molecule has 2 aromatic rings. The van der Waals surface area contributed by atoms with Crippen molar-refractivity contribution in [1.29, 1.82) is 0 Å². The smallest absolute Gasteiger partial charge is 0.483 e. The Balaban J connectivity index is 1.64. The fourth-order valence-electron chi connectivity index (χ4n) is 3.89. The van der Waals surface area contributed by atoms with E-state index >= 15 is 0 Å². The number of alkyl halides is 10. The molecule has 250 valence electrons. The number of nitrogens with zero attached hydrogens (tertiary/aromatic N) is 2. The van der Waals surface area contributed by atoms with E-state index in [1.54, 1.807) is 0 Å². The van der Waals surface area contributed by atoms with E-state index < -0.39 is 43.7 Å². The van der Waals surface area contributed by atoms with Gasteiger partial charge >= 0.3 is 24.3 Å². The maximum Gasteiger partial charge on any atom is 0.483 e. The predicted octanol–water partition coefficient (Wildman–Crippen LogP) is 9.35. The fraction of sp³-hybridized carbons (Fsp3) is 0.655. The lowest BCUT2D eigenvalue weighted by atomic mass is 10.0. The predicted molar refractivity (Wildman–Crippen MR) is 142 cm³/mol. The molecule has 0 spiro atoms. The summed E-state index contributed by atoms with van der Waals surface area (Å²) in [4.78, 5) is 8.57. The van der Waals surface area contributed by atoms with Crippen LogP contribution in [0.1, 0.15) is 70.3 Å². The molecule has 0 N–H and O–H groups in total. The number of ether oxygens (including phenoxy) is 3. The number of aryl methyl sites for hydroxylation is 1. The number of halogens is 10. The second kappa shape index (κ2) is 17.1. The maximum atomic E-state index is 13.8. The van der Waals surface area contributed by atoms with E-state index in [-0.39, 0.29) is 13.0 Å². The summed E-state index contributed by atoms with van der Waals surface area (Å²) in [5.41, 5.74) is 1.77. The van der Waals surface area contributed by atoms with Gasteiger partial charge in [0.05, 0.1) is 19.0 Å². The molecular formula is C29H36F10N2O3. The summed E-state index contributed by atoms with van der Waals surface area (Å²) in [7, 11) is 0. The molecule has 0 aliphatic carbocycles. The maximum absolute atomic E-state index is 13.8. The molecule has 44 heavy (non-hydrogen) atoms. The zero-order chi connectivity index (χ0) is 32.9. The molecule has 0 fully saturated rings. The summed E-state index contributed by atoms with van der Waals surface area (Å²) < 4.78 is 141. The first-order valence-electron chi connectivity index (χ1n) is 14.2. The molecule has 0 saturated carbocycles. The highest BCUT2D eigenvalue weighted by Crippen LogP contribution is 2.45. The van der Waals surface area contributed by atoms with Crippen LogP contribution < -0.4 is 4.74 Å². The Morgan fingerprint density at radius 1 is 0.727 bits per heavy atom. The molecule has 1 aromatic carbocycles. The molecule has 0 aliphatic rings. The Labute approximate surface area is 249 Å². The Hall–Kier alpha value is -2.68. The van der Waals surface area contributed by atoms with Crippen LogP contribution in [0.4, 0.5) is 43.9 Å². The molecular weight excluding hydrogens is 614 g/mol. The van der Waals surface area contributed by atoms with Crippen LogP contribution in [-0.2, 0) is 15.9 Å². The molecule has 15 heteroatoms. The van der Waals surface area contributed by atoms with E-state index in [0.29, 0.717) is 50.1 Å². The summed E-state index contributed by atoms with van der Waals surface area (Å²) in [6.07, 6.45) is -10.6. The van der Waals surface area contributed by atoms with E-state index in [1.165, 1.54) is 12.4 Å². The first-order chi connectivity index (χ1) is 20.6. The largest absolute Gasteiger partial charge is 0.490 e. The molecule has 1 aromatic heterocycles. The van der Waals surface area contributed by atoms with E-state index in [1.807, 2.05) is 24.3 Å². The molecule has 2 rings (SSSR count). The average molecular weight is 651 g/mol. The normalized spacial score (nSPS) is 13.7. The van der Waals surface area contributed by atoms with Gasteiger partial charge in [-0.1, -0.05) is 63.3 Å². The van der Waals surface area contributed by atoms with Crippen molar-refractivity contribution in [3.05, 3.63) is 42.2 Å². The average Bonchev–Trinajstić information content (AvgIpc) is 2.94. The van der Waals surface area contributed by atoms with Crippen molar-refractivity contribution >= 4 is 0 Å². The highest BCUT2D eigenvalue weighted by atomic mass is 19.4. The van der Waals surface area contributed by atoms with Crippen LogP contribution in [0.2, 0.25) is 0 Å². The minimum absolute atomic E-state index is 0.171. The summed E-state index contributed by atoms with van der Waals surface area (Å²) >= 11 is 0. The van der Waals surface area contributed by atoms with Crippen LogP contribution in [0.25, 0.3) is 11.4 Å². The van der Waals surface area contributed by atoms with Gasteiger partial charge in [0.2, 0.25) is 0 Å². The summed E-state index contributed by atoms with van der Waals surface area (Å²) in [5.74, 6) is -4.49. The number of unbranched alkanes of at least 4 members (excludes halogenated alkanes) is 5. The van der Waals surface area contributed by atoms with Gasteiger partial charge in [-0.05, 0) is 31.2 Å². The quantitative estimate of drug-likeness (QED) is 0.0996. The van der Waals surface area contributed by atoms with Crippen LogP contribution in [0.15, 0.2) is 36.7 Å². The lowest BCUT2D eigenvalue weighted by Crippen LogP contribution is -2.53. The van der Waals surface area contributed by atoms with Crippen molar-refractivity contribution in [2.75, 3.05) is 19.8 Å². The second-order valence-corrected chi connectivity index (χ2v) is 10.2. The first kappa shape index (κ1) is 37.5. The molecule has 0 unspecified atom stereocenters. The SMILES string of the molecule is CCCCC[C@@H](F)CCOc1cnc(-c2ccc(CCCCCCOCC(F)(F)C(F)(F)OC(F)(F)C(F)(F)F)cc2)nc1. The molecule has 0 saturated heterocycles. The highest BCUT2D eigenvalue weighted by molar-refractivity contribution is 5.55. The van der Waals surface area contributed by atoms with Gasteiger partial charge in [-0.25, -0.2) is 19.1 Å². The van der Waals surface area contributed by atoms with Crippen LogP contribution in [-0.4, -0.2) is 60.3 Å². The standard InChI is InChI=1S/C29H36F10N2O3/c1-2-3-6-10-23(30)15-17-43-24-18-40-25(41-19-24)22-13-11-21(12-14-22)9-7-4-5-8-16-42-20-26(31,32)28(36,37)44-29(38,39)27(33,34)35/h11-14,18-19,23H,2-10,15-17,20H2,1H3/t23-/m1/s1. The molecule has 1 heterocycles. The van der Waals surface area contributed by atoms with Gasteiger partial charge in [-0.15, -0.1) is 0 Å². The van der Waals surface area contributed by atoms with Gasteiger partial charge in [0, 0.05) is 18.6 Å². The third-order valence-electron chi connectivity index (χ3n) is 6.46. The fourth-order valence-corrected chi connectivity index (χ4v) is 3.89. The third kappa shape index (κ3) is 12.4. The number of hydrogen-bond donors (Lipinski definition) is 0. The van der Waals surface area contributed by atoms with Gasteiger partial charge in [0.25, 0.3) is 0 Å². The summed E-state index contributed by atoms with van der Waals surface area (Å²) in [6.45, 7) is -0.232. The monoisotopic (exact) mass is 650 g/mol. The van der Waals surface area contributed by atoms with Crippen LogP contribution in [0.3, 0.4) is 0 Å². The Kier molecular flexibility index (Phi) is 14.6. The van der Waals surface area contributed by atoms with Gasteiger partial charge in [0.15, 0.2) is 11.6 Å². The minimum Gasteiger partial charge on any atom is -0.490 e. The van der Waals surface area contributed by atoms with Gasteiger partial charge in [0.1, 0.15) is 12.8 Å². The zero-order valence-electron chi connectivity index (χ0n) is 24.1. The van der Waals surface area contributed by atoms with Crippen LogP contribution in [0.5, 0.6) is 5.75 Å². The van der Waals surface area contributed by atoms with Crippen molar-refractivity contribution in [2.45, 2.75) is 102 Å². The van der Waals surface area contributed by atoms with Crippen molar-refractivity contribution in [3.63, 3.8) is 0 Å². The number of aromatic nitrogens is 2. The van der Waals surface area contributed by atoms with E-state index in [2.05, 4.69) is 26.4 Å².